The van der Waals surface area contributed by atoms with Crippen molar-refractivity contribution in [2.24, 2.45) is 5.92 Å². The van der Waals surface area contributed by atoms with Crippen LogP contribution >= 0.6 is 0 Å². The Kier molecular flexibility index (Phi) is 3.73. The zero-order chi connectivity index (χ0) is 12.3. The van der Waals surface area contributed by atoms with E-state index in [-0.39, 0.29) is 17.3 Å². The van der Waals surface area contributed by atoms with E-state index in [0.717, 1.165) is 0 Å². The van der Waals surface area contributed by atoms with Crippen LogP contribution in [0.5, 0.6) is 0 Å². The number of rotatable bonds is 3. The molecular formula is C12H13F3O. The van der Waals surface area contributed by atoms with Gasteiger partial charge in [0.05, 0.1) is 6.42 Å². The Morgan fingerprint density at radius 2 is 1.94 bits per heavy atom. The van der Waals surface area contributed by atoms with Gasteiger partial charge in [0.15, 0.2) is 5.78 Å². The SMILES string of the molecule is CC(C)C(=O)c1cccc(CC(F)(F)F)c1. The topological polar surface area (TPSA) is 17.1 Å². The standard InChI is InChI=1S/C12H13F3O/c1-8(2)11(16)10-5-3-4-9(6-10)7-12(13,14)15/h3-6,8H,7H2,1-2H3. The van der Waals surface area contributed by atoms with E-state index in [1.807, 2.05) is 0 Å². The molecule has 1 nitrogen and oxygen atoms in total. The molecule has 88 valence electrons. The van der Waals surface area contributed by atoms with Gasteiger partial charge in [-0.25, -0.2) is 0 Å². The molecule has 0 radical (unpaired) electrons. The first-order chi connectivity index (χ1) is 7.29. The Morgan fingerprint density at radius 1 is 1.31 bits per heavy atom. The Balaban J connectivity index is 2.91. The highest BCUT2D eigenvalue weighted by Gasteiger charge is 2.27. The monoisotopic (exact) mass is 230 g/mol. The van der Waals surface area contributed by atoms with E-state index in [9.17, 15) is 18.0 Å². The average molecular weight is 230 g/mol. The van der Waals surface area contributed by atoms with Crippen molar-refractivity contribution in [2.75, 3.05) is 0 Å². The number of hydrogen-bond donors (Lipinski definition) is 0. The lowest BCUT2D eigenvalue weighted by molar-refractivity contribution is -0.127. The van der Waals surface area contributed by atoms with E-state index < -0.39 is 12.6 Å². The van der Waals surface area contributed by atoms with Gasteiger partial charge in [0.1, 0.15) is 0 Å². The lowest BCUT2D eigenvalue weighted by Crippen LogP contribution is -2.13. The molecule has 0 bridgehead atoms. The summed E-state index contributed by atoms with van der Waals surface area (Å²) in [7, 11) is 0. The normalized spacial score (nSPS) is 11.9. The van der Waals surface area contributed by atoms with Crippen molar-refractivity contribution in [2.45, 2.75) is 26.4 Å². The van der Waals surface area contributed by atoms with Crippen LogP contribution in [-0.2, 0) is 6.42 Å². The number of alkyl halides is 3. The van der Waals surface area contributed by atoms with E-state index in [4.69, 9.17) is 0 Å². The van der Waals surface area contributed by atoms with Crippen LogP contribution in [0.25, 0.3) is 0 Å². The molecule has 0 aliphatic carbocycles. The van der Waals surface area contributed by atoms with Crippen LogP contribution in [0.1, 0.15) is 29.8 Å². The van der Waals surface area contributed by atoms with Gasteiger partial charge in [-0.15, -0.1) is 0 Å². The first kappa shape index (κ1) is 12.7. The fourth-order valence-corrected chi connectivity index (χ4v) is 1.40. The van der Waals surface area contributed by atoms with Crippen molar-refractivity contribution in [3.63, 3.8) is 0 Å². The largest absolute Gasteiger partial charge is 0.393 e. The van der Waals surface area contributed by atoms with Crippen LogP contribution in [0.4, 0.5) is 13.2 Å². The van der Waals surface area contributed by atoms with Crippen molar-refractivity contribution in [3.05, 3.63) is 35.4 Å². The third-order valence-electron chi connectivity index (χ3n) is 2.14. The lowest BCUT2D eigenvalue weighted by atomic mass is 9.98. The van der Waals surface area contributed by atoms with Gasteiger partial charge in [0.25, 0.3) is 0 Å². The van der Waals surface area contributed by atoms with Crippen molar-refractivity contribution in [3.8, 4) is 0 Å². The summed E-state index contributed by atoms with van der Waals surface area (Å²) in [6.45, 7) is 3.44. The third kappa shape index (κ3) is 3.68. The smallest absolute Gasteiger partial charge is 0.294 e. The minimum Gasteiger partial charge on any atom is -0.294 e. The fourth-order valence-electron chi connectivity index (χ4n) is 1.40. The Morgan fingerprint density at radius 3 is 2.44 bits per heavy atom. The molecule has 0 N–H and O–H groups in total. The summed E-state index contributed by atoms with van der Waals surface area (Å²) in [6, 6.07) is 5.72. The van der Waals surface area contributed by atoms with Gasteiger partial charge in [0.2, 0.25) is 0 Å². The zero-order valence-corrected chi connectivity index (χ0v) is 9.14. The summed E-state index contributed by atoms with van der Waals surface area (Å²) < 4.78 is 36.4. The second-order valence-corrected chi connectivity index (χ2v) is 4.01. The maximum Gasteiger partial charge on any atom is 0.393 e. The Hall–Kier alpha value is -1.32. The molecular weight excluding hydrogens is 217 g/mol. The quantitative estimate of drug-likeness (QED) is 0.724. The number of ketones is 1. The van der Waals surface area contributed by atoms with Gasteiger partial charge < -0.3 is 0 Å². The minimum atomic E-state index is -4.24. The van der Waals surface area contributed by atoms with E-state index in [2.05, 4.69) is 0 Å². The number of carbonyl (C=O) groups is 1. The highest BCUT2D eigenvalue weighted by atomic mass is 19.4. The molecule has 16 heavy (non-hydrogen) atoms. The fraction of sp³-hybridized carbons (Fsp3) is 0.417. The predicted octanol–water partition coefficient (Wildman–Crippen LogP) is 3.63. The molecule has 0 aliphatic rings. The maximum absolute atomic E-state index is 12.1. The van der Waals surface area contributed by atoms with Crippen LogP contribution in [0.3, 0.4) is 0 Å². The van der Waals surface area contributed by atoms with Gasteiger partial charge in [0, 0.05) is 11.5 Å². The summed E-state index contributed by atoms with van der Waals surface area (Å²) in [4.78, 5) is 11.6. The minimum absolute atomic E-state index is 0.124. The molecule has 1 aromatic rings. The Labute approximate surface area is 92.3 Å². The summed E-state index contributed by atoms with van der Waals surface area (Å²) in [5, 5.41) is 0. The zero-order valence-electron chi connectivity index (χ0n) is 9.14. The van der Waals surface area contributed by atoms with Crippen LogP contribution < -0.4 is 0 Å². The van der Waals surface area contributed by atoms with E-state index >= 15 is 0 Å². The highest BCUT2D eigenvalue weighted by molar-refractivity contribution is 5.97. The first-order valence-electron chi connectivity index (χ1n) is 4.99. The number of halogens is 3. The third-order valence-corrected chi connectivity index (χ3v) is 2.14. The van der Waals surface area contributed by atoms with E-state index in [1.54, 1.807) is 19.9 Å². The number of Topliss-reactive ketones (excluding diaryl/α,β-unsaturated/α-hetero) is 1. The number of benzene rings is 1. The second-order valence-electron chi connectivity index (χ2n) is 4.01. The summed E-state index contributed by atoms with van der Waals surface area (Å²) in [5.74, 6) is -0.342. The van der Waals surface area contributed by atoms with Gasteiger partial charge in [-0.05, 0) is 11.6 Å². The van der Waals surface area contributed by atoms with Crippen molar-refractivity contribution >= 4 is 5.78 Å². The van der Waals surface area contributed by atoms with Crippen molar-refractivity contribution in [1.82, 2.24) is 0 Å². The van der Waals surface area contributed by atoms with Crippen LogP contribution in [0.15, 0.2) is 24.3 Å². The van der Waals surface area contributed by atoms with E-state index in [1.165, 1.54) is 18.2 Å². The summed E-state index contributed by atoms with van der Waals surface area (Å²) in [5.41, 5.74) is 0.468. The molecule has 0 aliphatic heterocycles. The molecule has 0 amide bonds. The number of hydrogen-bond acceptors (Lipinski definition) is 1. The molecule has 0 saturated carbocycles. The van der Waals surface area contributed by atoms with Gasteiger partial charge in [-0.3, -0.25) is 4.79 Å². The predicted molar refractivity (Wildman–Crippen MR) is 55.4 cm³/mol. The van der Waals surface area contributed by atoms with Crippen molar-refractivity contribution < 1.29 is 18.0 Å². The second kappa shape index (κ2) is 4.68. The molecule has 0 aromatic heterocycles. The van der Waals surface area contributed by atoms with Gasteiger partial charge in [-0.2, -0.15) is 13.2 Å². The average Bonchev–Trinajstić information content (AvgIpc) is 2.14. The summed E-state index contributed by atoms with van der Waals surface area (Å²) >= 11 is 0. The van der Waals surface area contributed by atoms with Crippen molar-refractivity contribution in [1.29, 1.82) is 0 Å². The number of carbonyl (C=O) groups excluding carboxylic acids is 1. The van der Waals surface area contributed by atoms with E-state index in [0.29, 0.717) is 5.56 Å². The molecule has 1 aromatic carbocycles. The first-order valence-corrected chi connectivity index (χ1v) is 4.99. The molecule has 0 fully saturated rings. The lowest BCUT2D eigenvalue weighted by Gasteiger charge is -2.08. The van der Waals surface area contributed by atoms with Crippen LogP contribution in [0.2, 0.25) is 0 Å². The van der Waals surface area contributed by atoms with Gasteiger partial charge in [-0.1, -0.05) is 32.0 Å². The highest BCUT2D eigenvalue weighted by Crippen LogP contribution is 2.22. The van der Waals surface area contributed by atoms with Crippen LogP contribution in [-0.4, -0.2) is 12.0 Å². The molecule has 0 spiro atoms. The van der Waals surface area contributed by atoms with Crippen LogP contribution in [0, 0.1) is 5.92 Å². The molecule has 0 saturated heterocycles. The maximum atomic E-state index is 12.1. The van der Waals surface area contributed by atoms with Gasteiger partial charge >= 0.3 is 6.18 Å². The molecule has 0 unspecified atom stereocenters. The summed E-state index contributed by atoms with van der Waals surface area (Å²) in [6.07, 6.45) is -5.23. The molecule has 0 heterocycles. The molecule has 0 atom stereocenters. The molecule has 4 heteroatoms. The molecule has 1 rings (SSSR count). The Bertz CT molecular complexity index is 380.